The van der Waals surface area contributed by atoms with E-state index in [0.29, 0.717) is 12.8 Å². The molecule has 0 saturated carbocycles. The van der Waals surface area contributed by atoms with Crippen LogP contribution in [0.3, 0.4) is 0 Å². The quantitative estimate of drug-likeness (QED) is 0.0195. The molecule has 0 aromatic rings. The van der Waals surface area contributed by atoms with Crippen LogP contribution in [0.2, 0.25) is 0 Å². The fourth-order valence-electron chi connectivity index (χ4n) is 11.3. The van der Waals surface area contributed by atoms with Crippen LogP contribution in [-0.4, -0.2) is 99.6 Å². The molecule has 1 saturated heterocycles. The van der Waals surface area contributed by atoms with E-state index in [1.165, 1.54) is 205 Å². The maximum absolute atomic E-state index is 13.5. The molecule has 1 amide bonds. The number of unbranched alkanes of at least 4 members (excludes halogenated alkanes) is 39. The van der Waals surface area contributed by atoms with Crippen LogP contribution in [0, 0.1) is 0 Å². The first-order valence-electron chi connectivity index (χ1n) is 36.7. The van der Waals surface area contributed by atoms with Gasteiger partial charge in [-0.1, -0.05) is 306 Å². The van der Waals surface area contributed by atoms with Gasteiger partial charge in [-0.25, -0.2) is 0 Å². The van der Waals surface area contributed by atoms with Gasteiger partial charge in [0, 0.05) is 6.42 Å². The zero-order chi connectivity index (χ0) is 63.1. The van der Waals surface area contributed by atoms with Crippen molar-refractivity contribution in [2.45, 2.75) is 384 Å². The normalized spacial score (nSPS) is 18.6. The van der Waals surface area contributed by atoms with Crippen molar-refractivity contribution in [3.63, 3.8) is 0 Å². The number of nitrogens with one attached hydrogen (secondary N) is 1. The average molecular weight is 1220 g/mol. The molecule has 8 unspecified atom stereocenters. The fraction of sp³-hybridized carbons (Fsp3) is 0.816. The Bertz CT molecular complexity index is 1690. The number of allylic oxidation sites excluding steroid dienone is 11. The van der Waals surface area contributed by atoms with Gasteiger partial charge in [0.05, 0.1) is 25.4 Å². The lowest BCUT2D eigenvalue weighted by molar-refractivity contribution is -0.305. The fourth-order valence-corrected chi connectivity index (χ4v) is 11.3. The molecule has 0 aromatic carbocycles. The van der Waals surface area contributed by atoms with Gasteiger partial charge in [0.1, 0.15) is 24.4 Å². The maximum Gasteiger partial charge on any atom is 0.306 e. The molecule has 11 heteroatoms. The Labute approximate surface area is 534 Å². The van der Waals surface area contributed by atoms with Gasteiger partial charge in [-0.3, -0.25) is 9.59 Å². The Morgan fingerprint density at radius 1 is 0.448 bits per heavy atom. The number of esters is 1. The van der Waals surface area contributed by atoms with E-state index in [0.717, 1.165) is 83.5 Å². The summed E-state index contributed by atoms with van der Waals surface area (Å²) < 4.78 is 17.7. The Morgan fingerprint density at radius 3 is 1.21 bits per heavy atom. The number of aliphatic hydroxyl groups is 5. The molecular weight excluding hydrogens is 1090 g/mol. The number of hydrogen-bond donors (Lipinski definition) is 6. The van der Waals surface area contributed by atoms with E-state index >= 15 is 0 Å². The Kier molecular flexibility index (Phi) is 59.7. The second-order valence-electron chi connectivity index (χ2n) is 25.3. The summed E-state index contributed by atoms with van der Waals surface area (Å²) in [6, 6.07) is -1.03. The number of aliphatic hydroxyl groups excluding tert-OH is 5. The van der Waals surface area contributed by atoms with E-state index in [9.17, 15) is 35.1 Å². The summed E-state index contributed by atoms with van der Waals surface area (Å²) >= 11 is 0. The lowest BCUT2D eigenvalue weighted by atomic mass is 9.99. The Morgan fingerprint density at radius 2 is 0.793 bits per heavy atom. The molecule has 0 aliphatic carbocycles. The van der Waals surface area contributed by atoms with Crippen molar-refractivity contribution in [3.8, 4) is 0 Å². The number of amides is 1. The van der Waals surface area contributed by atoms with E-state index < -0.39 is 67.4 Å². The molecule has 11 nitrogen and oxygen atoms in total. The molecule has 0 spiro atoms. The van der Waals surface area contributed by atoms with Gasteiger partial charge in [0.25, 0.3) is 0 Å². The molecule has 506 valence electrons. The summed E-state index contributed by atoms with van der Waals surface area (Å²) in [6.45, 7) is 5.77. The van der Waals surface area contributed by atoms with Crippen LogP contribution >= 0.6 is 0 Å². The first kappa shape index (κ1) is 82.1. The van der Waals surface area contributed by atoms with E-state index in [4.69, 9.17) is 14.2 Å². The lowest BCUT2D eigenvalue weighted by Gasteiger charge is -2.41. The average Bonchev–Trinajstić information content (AvgIpc) is 1.30. The predicted octanol–water partition coefficient (Wildman–Crippen LogP) is 19.1. The summed E-state index contributed by atoms with van der Waals surface area (Å²) in [5.74, 6) is -1.19. The van der Waals surface area contributed by atoms with E-state index in [1.54, 1.807) is 6.08 Å². The van der Waals surface area contributed by atoms with Crippen molar-refractivity contribution in [2.24, 2.45) is 0 Å². The van der Waals surface area contributed by atoms with Gasteiger partial charge in [-0.2, -0.15) is 0 Å². The van der Waals surface area contributed by atoms with Crippen LogP contribution in [-0.2, 0) is 23.8 Å². The van der Waals surface area contributed by atoms with Crippen molar-refractivity contribution in [1.82, 2.24) is 5.32 Å². The zero-order valence-corrected chi connectivity index (χ0v) is 56.4. The van der Waals surface area contributed by atoms with Crippen LogP contribution in [0.15, 0.2) is 72.9 Å². The Balaban J connectivity index is 2.53. The van der Waals surface area contributed by atoms with Crippen molar-refractivity contribution < 1.29 is 49.3 Å². The van der Waals surface area contributed by atoms with Crippen LogP contribution in [0.25, 0.3) is 0 Å². The molecule has 1 fully saturated rings. The van der Waals surface area contributed by atoms with Crippen LogP contribution in [0.5, 0.6) is 0 Å². The molecule has 0 bridgehead atoms. The summed E-state index contributed by atoms with van der Waals surface area (Å²) in [6.07, 6.45) is 72.3. The van der Waals surface area contributed by atoms with Crippen molar-refractivity contribution in [2.75, 3.05) is 13.2 Å². The third-order valence-corrected chi connectivity index (χ3v) is 17.1. The highest BCUT2D eigenvalue weighted by molar-refractivity contribution is 5.80. The molecule has 8 atom stereocenters. The topological polar surface area (TPSA) is 175 Å². The minimum absolute atomic E-state index is 0.123. The van der Waals surface area contributed by atoms with Crippen LogP contribution in [0.1, 0.15) is 335 Å². The highest BCUT2D eigenvalue weighted by Gasteiger charge is 2.47. The first-order chi connectivity index (χ1) is 42.7. The first-order valence-corrected chi connectivity index (χ1v) is 36.7. The van der Waals surface area contributed by atoms with E-state index in [1.807, 2.05) is 6.08 Å². The molecule has 1 aliphatic heterocycles. The van der Waals surface area contributed by atoms with Gasteiger partial charge in [0.15, 0.2) is 12.4 Å². The van der Waals surface area contributed by atoms with Gasteiger partial charge in [-0.05, 0) is 96.3 Å². The highest BCUT2D eigenvalue weighted by Crippen LogP contribution is 2.26. The smallest absolute Gasteiger partial charge is 0.306 e. The molecule has 1 aliphatic rings. The molecule has 87 heavy (non-hydrogen) atoms. The summed E-state index contributed by atoms with van der Waals surface area (Å²) in [4.78, 5) is 26.7. The van der Waals surface area contributed by atoms with E-state index in [-0.39, 0.29) is 19.4 Å². The van der Waals surface area contributed by atoms with Crippen LogP contribution < -0.4 is 5.32 Å². The lowest BCUT2D eigenvalue weighted by Crippen LogP contribution is -2.61. The molecular formula is C76H137NO10. The monoisotopic (exact) mass is 1220 g/mol. The zero-order valence-electron chi connectivity index (χ0n) is 56.4. The number of carbonyl (C=O) groups is 2. The standard InChI is InChI=1S/C76H137NO10/c1-4-7-10-13-16-19-22-24-26-28-30-32-34-35-36-38-40-42-44-46-49-52-55-58-61-64-71(81)87-74-73(83)72(82)70(65-78)86-76(74)85-66-67(68(79)62-59-56-53-50-47-21-18-15-12-9-6-3)77-75(84)69(80)63-60-57-54-51-48-45-43-41-39-37-33-31-29-27-25-23-20-17-14-11-8-5-2/h16-17,19-20,24-27,31,33,59,62,67-70,72-74,76,78-80,82-83H,4-15,18,21-23,28-30,32,34-58,60-61,63-66H2,1-3H3,(H,77,84)/b19-16-,20-17-,26-24-,27-25-,33-31-,62-59+. The highest BCUT2D eigenvalue weighted by atomic mass is 16.7. The summed E-state index contributed by atoms with van der Waals surface area (Å²) in [7, 11) is 0. The number of carbonyl (C=O) groups excluding carboxylic acids is 2. The van der Waals surface area contributed by atoms with Gasteiger partial charge < -0.3 is 45.1 Å². The Hall–Kier alpha value is -2.90. The SMILES string of the molecule is CCCCC/C=C\C/C=C\C/C=C\CCCCCCCCCCCC(O)C(=O)NC(COC1OC(CO)C(O)C(O)C1OC(=O)CCCCCCCCCCCCCCCCC/C=C\C/C=C\CCCCC)C(O)/C=C/CCCCCCCCCCC. The van der Waals surface area contributed by atoms with Gasteiger partial charge in [0.2, 0.25) is 5.91 Å². The van der Waals surface area contributed by atoms with Gasteiger partial charge >= 0.3 is 5.97 Å². The van der Waals surface area contributed by atoms with Crippen molar-refractivity contribution in [1.29, 1.82) is 0 Å². The number of ether oxygens (including phenoxy) is 3. The predicted molar refractivity (Wildman–Crippen MR) is 366 cm³/mol. The molecule has 1 rings (SSSR count). The van der Waals surface area contributed by atoms with Gasteiger partial charge in [-0.15, -0.1) is 0 Å². The largest absolute Gasteiger partial charge is 0.454 e. The molecule has 1 heterocycles. The summed E-state index contributed by atoms with van der Waals surface area (Å²) in [5, 5.41) is 57.3. The molecule has 0 aromatic heterocycles. The minimum atomic E-state index is -1.62. The van der Waals surface area contributed by atoms with Crippen molar-refractivity contribution in [3.05, 3.63) is 72.9 Å². The third kappa shape index (κ3) is 50.4. The number of hydrogen-bond acceptors (Lipinski definition) is 10. The van der Waals surface area contributed by atoms with Crippen LogP contribution in [0.4, 0.5) is 0 Å². The number of rotatable bonds is 63. The minimum Gasteiger partial charge on any atom is -0.454 e. The summed E-state index contributed by atoms with van der Waals surface area (Å²) in [5.41, 5.74) is 0. The molecule has 0 radical (unpaired) electrons. The second kappa shape index (κ2) is 63.3. The third-order valence-electron chi connectivity index (χ3n) is 17.1. The second-order valence-corrected chi connectivity index (χ2v) is 25.3. The van der Waals surface area contributed by atoms with E-state index in [2.05, 4.69) is 86.8 Å². The van der Waals surface area contributed by atoms with Crippen molar-refractivity contribution >= 4 is 11.9 Å². The molecule has 6 N–H and O–H groups in total. The maximum atomic E-state index is 13.5.